The van der Waals surface area contributed by atoms with Gasteiger partial charge in [0.2, 0.25) is 0 Å². The van der Waals surface area contributed by atoms with Gasteiger partial charge in [-0.3, -0.25) is 0 Å². The summed E-state index contributed by atoms with van der Waals surface area (Å²) in [7, 11) is 3.74. The first kappa shape index (κ1) is 14.0. The molecule has 0 fully saturated rings. The van der Waals surface area contributed by atoms with E-state index in [-0.39, 0.29) is 0 Å². The summed E-state index contributed by atoms with van der Waals surface area (Å²) in [4.78, 5) is 2.46. The second-order valence-corrected chi connectivity index (χ2v) is 5.46. The Bertz CT molecular complexity index is 594. The lowest BCUT2D eigenvalue weighted by atomic mass is 9.96. The smallest absolute Gasteiger partial charge is 0.118 e. The zero-order chi connectivity index (χ0) is 14.7. The van der Waals surface area contributed by atoms with Crippen LogP contribution in [0, 0.1) is 0 Å². The Kier molecular flexibility index (Phi) is 4.11. The monoisotopic (exact) mass is 282 g/mol. The van der Waals surface area contributed by atoms with E-state index in [9.17, 15) is 0 Å². The highest BCUT2D eigenvalue weighted by Crippen LogP contribution is 2.34. The van der Waals surface area contributed by atoms with Gasteiger partial charge in [0.25, 0.3) is 0 Å². The van der Waals surface area contributed by atoms with E-state index in [2.05, 4.69) is 46.6 Å². The standard InChI is InChI=1S/C18H22N2O/c1-19-17-11-12-20(18-6-4-3-5-16(17)18)13-14-7-9-15(21-2)10-8-14/h3-10,17,19H,11-13H2,1-2H3. The van der Waals surface area contributed by atoms with E-state index >= 15 is 0 Å². The van der Waals surface area contributed by atoms with Gasteiger partial charge < -0.3 is 15.0 Å². The van der Waals surface area contributed by atoms with E-state index in [1.807, 2.05) is 19.2 Å². The Balaban J connectivity index is 1.82. The van der Waals surface area contributed by atoms with Crippen LogP contribution < -0.4 is 15.0 Å². The number of hydrogen-bond acceptors (Lipinski definition) is 3. The van der Waals surface area contributed by atoms with E-state index in [1.54, 1.807) is 7.11 Å². The van der Waals surface area contributed by atoms with Gasteiger partial charge in [-0.05, 0) is 42.8 Å². The van der Waals surface area contributed by atoms with Gasteiger partial charge in [0.15, 0.2) is 0 Å². The normalized spacial score (nSPS) is 17.4. The SMILES string of the molecule is CNC1CCN(Cc2ccc(OC)cc2)c2ccccc21. The number of hydrogen-bond donors (Lipinski definition) is 1. The minimum atomic E-state index is 0.466. The van der Waals surface area contributed by atoms with E-state index in [1.165, 1.54) is 16.8 Å². The van der Waals surface area contributed by atoms with Gasteiger partial charge in [0.1, 0.15) is 5.75 Å². The van der Waals surface area contributed by atoms with Crippen LogP contribution in [0.15, 0.2) is 48.5 Å². The summed E-state index contributed by atoms with van der Waals surface area (Å²) < 4.78 is 5.22. The first-order chi connectivity index (χ1) is 10.3. The molecule has 0 radical (unpaired) electrons. The summed E-state index contributed by atoms with van der Waals surface area (Å²) in [5.74, 6) is 0.910. The molecule has 1 heterocycles. The average Bonchev–Trinajstić information content (AvgIpc) is 2.56. The number of fused-ring (bicyclic) bond motifs is 1. The molecule has 1 unspecified atom stereocenters. The molecule has 0 aromatic heterocycles. The van der Waals surface area contributed by atoms with Crippen LogP contribution in [0.3, 0.4) is 0 Å². The molecule has 0 spiro atoms. The minimum Gasteiger partial charge on any atom is -0.497 e. The Labute approximate surface area is 126 Å². The van der Waals surface area contributed by atoms with Gasteiger partial charge in [-0.1, -0.05) is 30.3 Å². The van der Waals surface area contributed by atoms with Gasteiger partial charge in [-0.2, -0.15) is 0 Å². The number of nitrogens with zero attached hydrogens (tertiary/aromatic N) is 1. The lowest BCUT2D eigenvalue weighted by molar-refractivity contribution is 0.414. The van der Waals surface area contributed by atoms with Crippen molar-refractivity contribution in [3.8, 4) is 5.75 Å². The minimum absolute atomic E-state index is 0.466. The summed E-state index contributed by atoms with van der Waals surface area (Å²) in [5.41, 5.74) is 4.06. The Morgan fingerprint density at radius 1 is 1.14 bits per heavy atom. The van der Waals surface area contributed by atoms with Crippen LogP contribution in [0.1, 0.15) is 23.6 Å². The molecule has 3 rings (SSSR count). The molecule has 2 aromatic carbocycles. The highest BCUT2D eigenvalue weighted by molar-refractivity contribution is 5.57. The summed E-state index contributed by atoms with van der Waals surface area (Å²) in [5, 5.41) is 3.42. The lowest BCUT2D eigenvalue weighted by Crippen LogP contribution is -2.34. The molecule has 1 atom stereocenters. The molecule has 0 saturated carbocycles. The molecule has 110 valence electrons. The second kappa shape index (κ2) is 6.19. The number of ether oxygens (including phenoxy) is 1. The van der Waals surface area contributed by atoms with Crippen LogP contribution in [-0.2, 0) is 6.54 Å². The van der Waals surface area contributed by atoms with Crippen molar-refractivity contribution in [2.75, 3.05) is 25.6 Å². The number of nitrogens with one attached hydrogen (secondary N) is 1. The first-order valence-electron chi connectivity index (χ1n) is 7.46. The van der Waals surface area contributed by atoms with Gasteiger partial charge >= 0.3 is 0 Å². The van der Waals surface area contributed by atoms with Crippen molar-refractivity contribution >= 4 is 5.69 Å². The van der Waals surface area contributed by atoms with Crippen molar-refractivity contribution in [3.63, 3.8) is 0 Å². The third-order valence-corrected chi connectivity index (χ3v) is 4.22. The molecule has 0 aliphatic carbocycles. The molecule has 21 heavy (non-hydrogen) atoms. The molecule has 2 aromatic rings. The molecule has 3 heteroatoms. The zero-order valence-corrected chi connectivity index (χ0v) is 12.7. The molecule has 1 N–H and O–H groups in total. The molecular weight excluding hydrogens is 260 g/mol. The molecule has 0 bridgehead atoms. The van der Waals surface area contributed by atoms with E-state index in [0.717, 1.165) is 25.3 Å². The molecular formula is C18H22N2O. The highest BCUT2D eigenvalue weighted by Gasteiger charge is 2.23. The van der Waals surface area contributed by atoms with Gasteiger partial charge in [0, 0.05) is 24.8 Å². The van der Waals surface area contributed by atoms with Crippen LogP contribution in [0.5, 0.6) is 5.75 Å². The van der Waals surface area contributed by atoms with Gasteiger partial charge in [0.05, 0.1) is 7.11 Å². The van der Waals surface area contributed by atoms with Gasteiger partial charge in [-0.25, -0.2) is 0 Å². The Hall–Kier alpha value is -2.00. The van der Waals surface area contributed by atoms with Crippen LogP contribution in [0.25, 0.3) is 0 Å². The van der Waals surface area contributed by atoms with Crippen molar-refractivity contribution in [2.24, 2.45) is 0 Å². The maximum Gasteiger partial charge on any atom is 0.118 e. The summed E-state index contributed by atoms with van der Waals surface area (Å²) in [6.45, 7) is 2.02. The Morgan fingerprint density at radius 2 is 1.90 bits per heavy atom. The zero-order valence-electron chi connectivity index (χ0n) is 12.7. The van der Waals surface area contributed by atoms with Crippen molar-refractivity contribution in [1.82, 2.24) is 5.32 Å². The molecule has 1 aliphatic heterocycles. The van der Waals surface area contributed by atoms with Crippen LogP contribution in [-0.4, -0.2) is 20.7 Å². The maximum atomic E-state index is 5.22. The van der Waals surface area contributed by atoms with Crippen molar-refractivity contribution < 1.29 is 4.74 Å². The molecule has 3 nitrogen and oxygen atoms in total. The Morgan fingerprint density at radius 3 is 2.62 bits per heavy atom. The highest BCUT2D eigenvalue weighted by atomic mass is 16.5. The van der Waals surface area contributed by atoms with Crippen molar-refractivity contribution in [3.05, 3.63) is 59.7 Å². The fourth-order valence-electron chi connectivity index (χ4n) is 3.05. The predicted octanol–water partition coefficient (Wildman–Crippen LogP) is 3.37. The molecule has 0 amide bonds. The average molecular weight is 282 g/mol. The third-order valence-electron chi connectivity index (χ3n) is 4.22. The first-order valence-corrected chi connectivity index (χ1v) is 7.46. The van der Waals surface area contributed by atoms with E-state index in [4.69, 9.17) is 4.74 Å². The van der Waals surface area contributed by atoms with Crippen molar-refractivity contribution in [2.45, 2.75) is 19.0 Å². The number of rotatable bonds is 4. The predicted molar refractivity (Wildman–Crippen MR) is 86.9 cm³/mol. The quantitative estimate of drug-likeness (QED) is 0.930. The second-order valence-electron chi connectivity index (χ2n) is 5.46. The maximum absolute atomic E-state index is 5.22. The van der Waals surface area contributed by atoms with Crippen LogP contribution in [0.4, 0.5) is 5.69 Å². The summed E-state index contributed by atoms with van der Waals surface area (Å²) in [6.07, 6.45) is 1.14. The molecule has 0 saturated heterocycles. The van der Waals surface area contributed by atoms with Crippen LogP contribution in [0.2, 0.25) is 0 Å². The number of benzene rings is 2. The van der Waals surface area contributed by atoms with Crippen molar-refractivity contribution in [1.29, 1.82) is 0 Å². The van der Waals surface area contributed by atoms with E-state index in [0.29, 0.717) is 6.04 Å². The van der Waals surface area contributed by atoms with E-state index < -0.39 is 0 Å². The topological polar surface area (TPSA) is 24.5 Å². The van der Waals surface area contributed by atoms with Gasteiger partial charge in [-0.15, -0.1) is 0 Å². The fourth-order valence-corrected chi connectivity index (χ4v) is 3.05. The van der Waals surface area contributed by atoms with Crippen LogP contribution >= 0.6 is 0 Å². The summed E-state index contributed by atoms with van der Waals surface area (Å²) >= 11 is 0. The fraction of sp³-hybridized carbons (Fsp3) is 0.333. The summed E-state index contributed by atoms with van der Waals surface area (Å²) in [6, 6.07) is 17.5. The molecule has 1 aliphatic rings. The third kappa shape index (κ3) is 2.88. The lowest BCUT2D eigenvalue weighted by Gasteiger charge is -2.35. The number of anilines is 1. The number of methoxy groups -OCH3 is 1. The number of para-hydroxylation sites is 1. The largest absolute Gasteiger partial charge is 0.497 e.